The lowest BCUT2D eigenvalue weighted by atomic mass is 9.96. The fraction of sp³-hybridized carbons (Fsp3) is 0. The molecule has 6 heteroatoms. The summed E-state index contributed by atoms with van der Waals surface area (Å²) in [7, 11) is 0. The van der Waals surface area contributed by atoms with Crippen LogP contribution in [0.25, 0.3) is 43.4 Å². The van der Waals surface area contributed by atoms with Crippen molar-refractivity contribution in [2.45, 2.75) is 0 Å². The predicted octanol–water partition coefficient (Wildman–Crippen LogP) is 4.63. The standard InChI is InChI=1S/C21H13ClN2O3/c22-9-5-6-12-15(7-9)24-18-13(19(12)25)8-14(23)16-17(18)21(27)11-4-2-1-3-10(11)20(16)26/h1-8,24-26H,23H2. The monoisotopic (exact) mass is 376 g/mol. The number of rotatable bonds is 0. The third-order valence-corrected chi connectivity index (χ3v) is 5.24. The number of hydrogen-bond donors (Lipinski definition) is 4. The van der Waals surface area contributed by atoms with E-state index in [-0.39, 0.29) is 33.4 Å². The first kappa shape index (κ1) is 15.8. The summed E-state index contributed by atoms with van der Waals surface area (Å²) in [6.45, 7) is 0. The normalized spacial score (nSPS) is 11.7. The van der Waals surface area contributed by atoms with Crippen LogP contribution in [0, 0.1) is 0 Å². The molecule has 0 unspecified atom stereocenters. The maximum Gasteiger partial charge on any atom is 0.196 e. The summed E-state index contributed by atoms with van der Waals surface area (Å²) in [5.41, 5.74) is 7.10. The molecule has 0 aliphatic heterocycles. The van der Waals surface area contributed by atoms with Crippen LogP contribution in [0.2, 0.25) is 5.02 Å². The molecule has 5 nitrogen and oxygen atoms in total. The van der Waals surface area contributed by atoms with Gasteiger partial charge >= 0.3 is 0 Å². The van der Waals surface area contributed by atoms with Crippen LogP contribution >= 0.6 is 11.6 Å². The highest BCUT2D eigenvalue weighted by Crippen LogP contribution is 2.42. The zero-order valence-electron chi connectivity index (χ0n) is 13.9. The van der Waals surface area contributed by atoms with Crippen molar-refractivity contribution in [1.82, 2.24) is 4.98 Å². The van der Waals surface area contributed by atoms with E-state index < -0.39 is 0 Å². The Hall–Kier alpha value is -3.44. The number of pyridine rings is 1. The lowest BCUT2D eigenvalue weighted by molar-refractivity contribution is 0.486. The zero-order valence-corrected chi connectivity index (χ0v) is 14.6. The molecule has 0 spiro atoms. The molecule has 0 aliphatic carbocycles. The number of aromatic nitrogens is 1. The van der Waals surface area contributed by atoms with Crippen LogP contribution in [0.3, 0.4) is 0 Å². The third kappa shape index (κ3) is 2.03. The Morgan fingerprint density at radius 2 is 1.59 bits per heavy atom. The number of hydrogen-bond acceptors (Lipinski definition) is 4. The molecule has 1 aromatic heterocycles. The Bertz CT molecular complexity index is 1490. The Kier molecular flexibility index (Phi) is 3.09. The van der Waals surface area contributed by atoms with Crippen molar-refractivity contribution in [3.05, 3.63) is 63.8 Å². The summed E-state index contributed by atoms with van der Waals surface area (Å²) in [5, 5.41) is 24.3. The molecule has 132 valence electrons. The van der Waals surface area contributed by atoms with Gasteiger partial charge in [-0.1, -0.05) is 35.9 Å². The molecule has 0 fully saturated rings. The van der Waals surface area contributed by atoms with E-state index in [9.17, 15) is 15.0 Å². The summed E-state index contributed by atoms with van der Waals surface area (Å²) in [4.78, 5) is 16.4. The number of fused-ring (bicyclic) bond motifs is 5. The van der Waals surface area contributed by atoms with Gasteiger partial charge in [0, 0.05) is 32.3 Å². The third-order valence-electron chi connectivity index (χ3n) is 5.00. The van der Waals surface area contributed by atoms with Gasteiger partial charge in [0.15, 0.2) is 5.43 Å². The van der Waals surface area contributed by atoms with Crippen LogP contribution in [-0.2, 0) is 0 Å². The van der Waals surface area contributed by atoms with E-state index in [1.807, 2.05) is 0 Å². The number of phenolic OH excluding ortho intramolecular Hbond substituents is 1. The molecule has 0 saturated carbocycles. The first-order valence-electron chi connectivity index (χ1n) is 8.27. The van der Waals surface area contributed by atoms with Crippen LogP contribution in [0.4, 0.5) is 5.69 Å². The molecule has 0 bridgehead atoms. The van der Waals surface area contributed by atoms with E-state index in [0.717, 1.165) is 0 Å². The second kappa shape index (κ2) is 5.28. The molecular formula is C21H13ClN2O3. The number of halogens is 1. The van der Waals surface area contributed by atoms with Crippen molar-refractivity contribution in [2.75, 3.05) is 5.73 Å². The minimum Gasteiger partial charge on any atom is -0.507 e. The van der Waals surface area contributed by atoms with Crippen molar-refractivity contribution < 1.29 is 10.2 Å². The molecule has 0 radical (unpaired) electrons. The zero-order chi connectivity index (χ0) is 18.9. The molecular weight excluding hydrogens is 364 g/mol. The van der Waals surface area contributed by atoms with Gasteiger partial charge in [0.25, 0.3) is 0 Å². The van der Waals surface area contributed by atoms with E-state index in [2.05, 4.69) is 4.98 Å². The van der Waals surface area contributed by atoms with Crippen molar-refractivity contribution in [3.8, 4) is 11.5 Å². The molecule has 5 rings (SSSR count). The highest BCUT2D eigenvalue weighted by molar-refractivity contribution is 6.31. The van der Waals surface area contributed by atoms with Gasteiger partial charge in [-0.3, -0.25) is 4.79 Å². The molecule has 0 saturated heterocycles. The molecule has 5 N–H and O–H groups in total. The van der Waals surface area contributed by atoms with Crippen LogP contribution in [0.15, 0.2) is 53.3 Å². The van der Waals surface area contributed by atoms with Gasteiger partial charge < -0.3 is 20.9 Å². The quantitative estimate of drug-likeness (QED) is 0.180. The summed E-state index contributed by atoms with van der Waals surface area (Å²) in [6.07, 6.45) is 0. The van der Waals surface area contributed by atoms with Crippen molar-refractivity contribution in [1.29, 1.82) is 0 Å². The number of nitrogens with two attached hydrogens (primary N) is 1. The Morgan fingerprint density at radius 3 is 2.37 bits per heavy atom. The van der Waals surface area contributed by atoms with Gasteiger partial charge in [0.2, 0.25) is 0 Å². The van der Waals surface area contributed by atoms with E-state index in [1.54, 1.807) is 48.5 Å². The first-order valence-corrected chi connectivity index (χ1v) is 8.65. The topological polar surface area (TPSA) is 99.3 Å². The summed E-state index contributed by atoms with van der Waals surface area (Å²) in [6, 6.07) is 13.4. The van der Waals surface area contributed by atoms with Gasteiger partial charge in [0.1, 0.15) is 11.5 Å². The van der Waals surface area contributed by atoms with Crippen LogP contribution in [0.5, 0.6) is 11.5 Å². The lowest BCUT2D eigenvalue weighted by Crippen LogP contribution is -2.06. The summed E-state index contributed by atoms with van der Waals surface area (Å²) < 4.78 is 0. The average molecular weight is 377 g/mol. The highest BCUT2D eigenvalue weighted by Gasteiger charge is 2.19. The lowest BCUT2D eigenvalue weighted by Gasteiger charge is -2.13. The second-order valence-corrected chi connectivity index (χ2v) is 6.96. The minimum absolute atomic E-state index is 0.00364. The molecule has 27 heavy (non-hydrogen) atoms. The van der Waals surface area contributed by atoms with Crippen molar-refractivity contribution in [3.63, 3.8) is 0 Å². The summed E-state index contributed by atoms with van der Waals surface area (Å²) >= 11 is 6.08. The molecule has 5 aromatic rings. The Labute approximate surface area is 157 Å². The molecule has 0 aliphatic rings. The Morgan fingerprint density at radius 1 is 0.852 bits per heavy atom. The molecule has 4 aromatic carbocycles. The maximum absolute atomic E-state index is 13.2. The van der Waals surface area contributed by atoms with Gasteiger partial charge in [-0.15, -0.1) is 0 Å². The van der Waals surface area contributed by atoms with Gasteiger partial charge in [-0.25, -0.2) is 0 Å². The number of phenols is 1. The molecule has 0 atom stereocenters. The van der Waals surface area contributed by atoms with E-state index >= 15 is 0 Å². The SMILES string of the molecule is Nc1cc2c(O)c3ccc(Cl)cc3[nH]c2c2c(=O)c3ccccc3c(O)c12. The molecule has 0 amide bonds. The predicted molar refractivity (Wildman–Crippen MR) is 110 cm³/mol. The Balaban J connectivity index is 2.15. The van der Waals surface area contributed by atoms with Crippen LogP contribution in [-0.4, -0.2) is 15.2 Å². The number of H-pyrrole nitrogens is 1. The smallest absolute Gasteiger partial charge is 0.196 e. The fourth-order valence-corrected chi connectivity index (χ4v) is 3.94. The highest BCUT2D eigenvalue weighted by atomic mass is 35.5. The largest absolute Gasteiger partial charge is 0.507 e. The van der Waals surface area contributed by atoms with Crippen molar-refractivity contribution >= 4 is 60.6 Å². The van der Waals surface area contributed by atoms with Gasteiger partial charge in [0.05, 0.1) is 21.8 Å². The van der Waals surface area contributed by atoms with Crippen molar-refractivity contribution in [2.24, 2.45) is 0 Å². The number of aromatic hydroxyl groups is 2. The fourth-order valence-electron chi connectivity index (χ4n) is 3.77. The number of aromatic amines is 1. The van der Waals surface area contributed by atoms with Crippen LogP contribution in [0.1, 0.15) is 0 Å². The first-order chi connectivity index (χ1) is 13.0. The van der Waals surface area contributed by atoms with E-state index in [1.165, 1.54) is 0 Å². The molecule has 1 heterocycles. The van der Waals surface area contributed by atoms with Crippen LogP contribution < -0.4 is 11.2 Å². The number of nitrogens with one attached hydrogen (secondary N) is 1. The second-order valence-electron chi connectivity index (χ2n) is 6.53. The number of benzene rings is 4. The van der Waals surface area contributed by atoms with Gasteiger partial charge in [-0.05, 0) is 24.3 Å². The van der Waals surface area contributed by atoms with Gasteiger partial charge in [-0.2, -0.15) is 0 Å². The average Bonchev–Trinajstić information content (AvgIpc) is 2.66. The maximum atomic E-state index is 13.2. The summed E-state index contributed by atoms with van der Waals surface area (Å²) in [5.74, 6) is -0.0604. The number of nitrogen functional groups attached to an aromatic ring is 1. The van der Waals surface area contributed by atoms with E-state index in [0.29, 0.717) is 37.6 Å². The minimum atomic E-state index is -0.271. The van der Waals surface area contributed by atoms with E-state index in [4.69, 9.17) is 17.3 Å². The number of anilines is 1.